The SMILES string of the molecule is C[C@H]([C@H](O)CC(CO)C(C)(C)O)[C@H]1CCC2C3CC=C4C[C@@H](O)CC[C@]4(C)C3CC[C@@]21C. The Morgan fingerprint density at radius 2 is 1.81 bits per heavy atom. The first-order chi connectivity index (χ1) is 14.9. The average molecular weight is 449 g/mol. The van der Waals surface area contributed by atoms with Gasteiger partial charge in [0.05, 0.1) is 17.8 Å². The molecule has 0 aromatic rings. The Kier molecular flexibility index (Phi) is 6.68. The van der Waals surface area contributed by atoms with E-state index in [2.05, 4.69) is 26.8 Å². The van der Waals surface area contributed by atoms with Gasteiger partial charge in [-0.3, -0.25) is 0 Å². The quantitative estimate of drug-likeness (QED) is 0.444. The van der Waals surface area contributed by atoms with E-state index in [1.807, 2.05) is 0 Å². The van der Waals surface area contributed by atoms with Crippen LogP contribution in [0.15, 0.2) is 11.6 Å². The molecule has 10 atom stereocenters. The molecule has 0 aromatic carbocycles. The summed E-state index contributed by atoms with van der Waals surface area (Å²) in [5.74, 6) is 2.55. The Bertz CT molecular complexity index is 711. The summed E-state index contributed by atoms with van der Waals surface area (Å²) in [6.45, 7) is 10.6. The van der Waals surface area contributed by atoms with Gasteiger partial charge in [-0.25, -0.2) is 0 Å². The van der Waals surface area contributed by atoms with Crippen molar-refractivity contribution in [2.45, 2.75) is 110 Å². The molecule has 0 bridgehead atoms. The summed E-state index contributed by atoms with van der Waals surface area (Å²) in [6.07, 6.45) is 11.4. The van der Waals surface area contributed by atoms with Crippen molar-refractivity contribution >= 4 is 0 Å². The van der Waals surface area contributed by atoms with Crippen LogP contribution in [0.4, 0.5) is 0 Å². The van der Waals surface area contributed by atoms with Crippen LogP contribution in [0.25, 0.3) is 0 Å². The third-order valence-corrected chi connectivity index (χ3v) is 11.1. The predicted molar refractivity (Wildman–Crippen MR) is 128 cm³/mol. The second-order valence-electron chi connectivity index (χ2n) is 13.1. The van der Waals surface area contributed by atoms with E-state index < -0.39 is 11.7 Å². The van der Waals surface area contributed by atoms with E-state index in [1.54, 1.807) is 13.8 Å². The Morgan fingerprint density at radius 3 is 2.47 bits per heavy atom. The zero-order valence-electron chi connectivity index (χ0n) is 21.1. The maximum Gasteiger partial charge on any atom is 0.0642 e. The van der Waals surface area contributed by atoms with Crippen LogP contribution in [-0.4, -0.2) is 44.8 Å². The summed E-state index contributed by atoms with van der Waals surface area (Å²) in [7, 11) is 0. The summed E-state index contributed by atoms with van der Waals surface area (Å²) < 4.78 is 0. The summed E-state index contributed by atoms with van der Waals surface area (Å²) in [5, 5.41) is 41.5. The molecule has 4 N–H and O–H groups in total. The molecule has 32 heavy (non-hydrogen) atoms. The highest BCUT2D eigenvalue weighted by molar-refractivity contribution is 5.25. The lowest BCUT2D eigenvalue weighted by Gasteiger charge is -2.58. The first kappa shape index (κ1) is 24.7. The number of aliphatic hydroxyl groups is 4. The van der Waals surface area contributed by atoms with Crippen molar-refractivity contribution in [2.75, 3.05) is 6.61 Å². The van der Waals surface area contributed by atoms with Gasteiger partial charge in [-0.2, -0.15) is 0 Å². The van der Waals surface area contributed by atoms with E-state index in [9.17, 15) is 20.4 Å². The summed E-state index contributed by atoms with van der Waals surface area (Å²) >= 11 is 0. The molecule has 0 aliphatic heterocycles. The molecule has 0 amide bonds. The zero-order valence-corrected chi connectivity index (χ0v) is 21.1. The minimum Gasteiger partial charge on any atom is -0.396 e. The van der Waals surface area contributed by atoms with Gasteiger partial charge in [-0.1, -0.05) is 32.4 Å². The monoisotopic (exact) mass is 448 g/mol. The van der Waals surface area contributed by atoms with Gasteiger partial charge in [0.15, 0.2) is 0 Å². The van der Waals surface area contributed by atoms with E-state index >= 15 is 0 Å². The minimum atomic E-state index is -0.981. The summed E-state index contributed by atoms with van der Waals surface area (Å²) in [4.78, 5) is 0. The molecule has 4 heteroatoms. The lowest BCUT2D eigenvalue weighted by molar-refractivity contribution is -0.0781. The van der Waals surface area contributed by atoms with Gasteiger partial charge in [0.2, 0.25) is 0 Å². The van der Waals surface area contributed by atoms with Crippen LogP contribution < -0.4 is 0 Å². The number of hydrogen-bond acceptors (Lipinski definition) is 4. The summed E-state index contributed by atoms with van der Waals surface area (Å²) in [6, 6.07) is 0. The van der Waals surface area contributed by atoms with Crippen LogP contribution >= 0.6 is 0 Å². The molecule has 4 rings (SSSR count). The van der Waals surface area contributed by atoms with E-state index in [4.69, 9.17) is 0 Å². The Hall–Kier alpha value is -0.420. The average Bonchev–Trinajstić information content (AvgIpc) is 3.08. The molecule has 4 nitrogen and oxygen atoms in total. The molecular weight excluding hydrogens is 400 g/mol. The second-order valence-corrected chi connectivity index (χ2v) is 13.1. The number of aliphatic hydroxyl groups excluding tert-OH is 3. The van der Waals surface area contributed by atoms with Crippen LogP contribution in [0.3, 0.4) is 0 Å². The van der Waals surface area contributed by atoms with Crippen molar-refractivity contribution in [1.29, 1.82) is 0 Å². The molecule has 4 aliphatic rings. The maximum absolute atomic E-state index is 11.1. The van der Waals surface area contributed by atoms with Gasteiger partial charge >= 0.3 is 0 Å². The highest BCUT2D eigenvalue weighted by Crippen LogP contribution is 2.67. The number of hydrogen-bond donors (Lipinski definition) is 4. The molecular formula is C28H48O4. The van der Waals surface area contributed by atoms with E-state index in [0.717, 1.165) is 37.5 Å². The first-order valence-electron chi connectivity index (χ1n) is 13.3. The van der Waals surface area contributed by atoms with Crippen LogP contribution in [-0.2, 0) is 0 Å². The van der Waals surface area contributed by atoms with Crippen LogP contribution in [0.1, 0.15) is 92.4 Å². The molecule has 3 fully saturated rings. The summed E-state index contributed by atoms with van der Waals surface area (Å²) in [5.41, 5.74) is 1.08. The highest BCUT2D eigenvalue weighted by atomic mass is 16.3. The minimum absolute atomic E-state index is 0.0937. The lowest BCUT2D eigenvalue weighted by atomic mass is 9.47. The largest absolute Gasteiger partial charge is 0.396 e. The van der Waals surface area contributed by atoms with E-state index in [1.165, 1.54) is 31.3 Å². The van der Waals surface area contributed by atoms with Crippen molar-refractivity contribution in [3.05, 3.63) is 11.6 Å². The molecule has 0 spiro atoms. The Balaban J connectivity index is 1.50. The number of rotatable bonds is 6. The Morgan fingerprint density at radius 1 is 1.09 bits per heavy atom. The predicted octanol–water partition coefficient (Wildman–Crippen LogP) is 4.69. The molecule has 3 saturated carbocycles. The second kappa shape index (κ2) is 8.66. The van der Waals surface area contributed by atoms with E-state index in [0.29, 0.717) is 18.3 Å². The molecule has 184 valence electrons. The number of allylic oxidation sites excluding steroid dienone is 1. The molecule has 0 aromatic heterocycles. The van der Waals surface area contributed by atoms with Gasteiger partial charge in [0, 0.05) is 12.5 Å². The van der Waals surface area contributed by atoms with Gasteiger partial charge in [-0.15, -0.1) is 0 Å². The Labute approximate surface area is 195 Å². The number of fused-ring (bicyclic) bond motifs is 5. The highest BCUT2D eigenvalue weighted by Gasteiger charge is 2.59. The third-order valence-electron chi connectivity index (χ3n) is 11.1. The van der Waals surface area contributed by atoms with Crippen molar-refractivity contribution < 1.29 is 20.4 Å². The van der Waals surface area contributed by atoms with Gasteiger partial charge in [-0.05, 0) is 112 Å². The fraction of sp³-hybridized carbons (Fsp3) is 0.929. The van der Waals surface area contributed by atoms with Crippen LogP contribution in [0, 0.1) is 46.3 Å². The standard InChI is InChI=1S/C28H48O4/c1-17(25(31)15-19(16-29)26(2,3)32)22-8-9-23-21-7-6-18-14-20(30)10-12-27(18,4)24(21)11-13-28(22,23)5/h6,17,19-25,29-32H,7-16H2,1-5H3/t17-,19?,20-,21?,22+,23?,24?,25+,27-,28+/m0/s1. The fourth-order valence-electron chi connectivity index (χ4n) is 8.91. The normalized spacial score (nSPS) is 44.7. The topological polar surface area (TPSA) is 80.9 Å². The van der Waals surface area contributed by atoms with Gasteiger partial charge in [0.25, 0.3) is 0 Å². The molecule has 4 unspecified atom stereocenters. The molecule has 0 radical (unpaired) electrons. The van der Waals surface area contributed by atoms with Crippen molar-refractivity contribution in [2.24, 2.45) is 46.3 Å². The van der Waals surface area contributed by atoms with Gasteiger partial charge < -0.3 is 20.4 Å². The zero-order chi connectivity index (χ0) is 23.5. The maximum atomic E-state index is 11.1. The van der Waals surface area contributed by atoms with Crippen molar-refractivity contribution in [1.82, 2.24) is 0 Å². The van der Waals surface area contributed by atoms with Crippen LogP contribution in [0.2, 0.25) is 0 Å². The molecule has 4 aliphatic carbocycles. The molecule has 0 saturated heterocycles. The van der Waals surface area contributed by atoms with Crippen molar-refractivity contribution in [3.8, 4) is 0 Å². The third kappa shape index (κ3) is 4.01. The van der Waals surface area contributed by atoms with Crippen LogP contribution in [0.5, 0.6) is 0 Å². The molecule has 0 heterocycles. The smallest absolute Gasteiger partial charge is 0.0642 e. The fourth-order valence-corrected chi connectivity index (χ4v) is 8.91. The van der Waals surface area contributed by atoms with Crippen molar-refractivity contribution in [3.63, 3.8) is 0 Å². The lowest BCUT2D eigenvalue weighted by Crippen LogP contribution is -2.51. The van der Waals surface area contributed by atoms with E-state index in [-0.39, 0.29) is 35.4 Å². The van der Waals surface area contributed by atoms with Gasteiger partial charge in [0.1, 0.15) is 0 Å². The first-order valence-corrected chi connectivity index (χ1v) is 13.3.